The average Bonchev–Trinajstić information content (AvgIpc) is 2.86. The van der Waals surface area contributed by atoms with Gasteiger partial charge in [0.25, 0.3) is 0 Å². The zero-order chi connectivity index (χ0) is 15.5. The molecule has 21 heavy (non-hydrogen) atoms. The van der Waals surface area contributed by atoms with Crippen LogP contribution >= 0.6 is 0 Å². The minimum absolute atomic E-state index is 0.0281. The van der Waals surface area contributed by atoms with Gasteiger partial charge in [0, 0.05) is 12.8 Å². The van der Waals surface area contributed by atoms with E-state index in [2.05, 4.69) is 13.5 Å². The smallest absolute Gasteiger partial charge is 0.190 e. The molecule has 0 aromatic rings. The molecule has 0 spiro atoms. The molecule has 2 fully saturated rings. The van der Waals surface area contributed by atoms with Gasteiger partial charge >= 0.3 is 0 Å². The Morgan fingerprint density at radius 3 is 2.71 bits per heavy atom. The van der Waals surface area contributed by atoms with Crippen molar-refractivity contribution in [2.24, 2.45) is 17.8 Å². The lowest BCUT2D eigenvalue weighted by Crippen LogP contribution is -2.43. The van der Waals surface area contributed by atoms with Crippen molar-refractivity contribution in [3.8, 4) is 0 Å². The fourth-order valence-corrected chi connectivity index (χ4v) is 3.58. The van der Waals surface area contributed by atoms with E-state index in [1.54, 1.807) is 6.08 Å². The predicted molar refractivity (Wildman–Crippen MR) is 80.7 cm³/mol. The average molecular weight is 294 g/mol. The summed E-state index contributed by atoms with van der Waals surface area (Å²) in [6.07, 6.45) is 6.42. The minimum Gasteiger partial charge on any atom is -0.392 e. The second kappa shape index (κ2) is 6.86. The van der Waals surface area contributed by atoms with Crippen LogP contribution in [-0.2, 0) is 14.3 Å². The minimum atomic E-state index is -0.886. The van der Waals surface area contributed by atoms with Gasteiger partial charge in [0.1, 0.15) is 5.78 Å². The third-order valence-corrected chi connectivity index (χ3v) is 4.46. The van der Waals surface area contributed by atoms with Crippen LogP contribution in [-0.4, -0.2) is 36.0 Å². The number of ketones is 1. The van der Waals surface area contributed by atoms with Gasteiger partial charge in [-0.2, -0.15) is 0 Å². The van der Waals surface area contributed by atoms with Gasteiger partial charge in [0.05, 0.1) is 25.2 Å². The van der Waals surface area contributed by atoms with Gasteiger partial charge in [-0.1, -0.05) is 19.1 Å². The van der Waals surface area contributed by atoms with Crippen molar-refractivity contribution < 1.29 is 19.4 Å². The van der Waals surface area contributed by atoms with E-state index in [1.807, 2.05) is 19.1 Å². The number of aliphatic hydroxyl groups excluding tert-OH is 1. The van der Waals surface area contributed by atoms with E-state index in [-0.39, 0.29) is 18.1 Å². The second-order valence-electron chi connectivity index (χ2n) is 6.22. The highest BCUT2D eigenvalue weighted by Crippen LogP contribution is 2.38. The van der Waals surface area contributed by atoms with Crippen LogP contribution in [0, 0.1) is 17.8 Å². The molecule has 0 bridgehead atoms. The Balaban J connectivity index is 2.12. The molecule has 2 rings (SSSR count). The molecule has 0 aromatic heterocycles. The monoisotopic (exact) mass is 294 g/mol. The van der Waals surface area contributed by atoms with Gasteiger partial charge in [-0.15, -0.1) is 6.58 Å². The van der Waals surface area contributed by atoms with E-state index < -0.39 is 17.8 Å². The number of carbonyl (C=O) groups excluding carboxylic acids is 1. The summed E-state index contributed by atoms with van der Waals surface area (Å²) in [5.74, 6) is -0.774. The number of ether oxygens (including phenoxy) is 2. The van der Waals surface area contributed by atoms with E-state index >= 15 is 0 Å². The highest BCUT2D eigenvalue weighted by molar-refractivity contribution is 5.83. The summed E-state index contributed by atoms with van der Waals surface area (Å²) < 4.78 is 11.3. The van der Waals surface area contributed by atoms with Gasteiger partial charge in [0.2, 0.25) is 0 Å². The van der Waals surface area contributed by atoms with E-state index in [0.717, 1.165) is 6.42 Å². The first-order valence-electron chi connectivity index (χ1n) is 7.76. The summed E-state index contributed by atoms with van der Waals surface area (Å²) in [5.41, 5.74) is 0. The number of carbonyl (C=O) groups is 1. The highest BCUT2D eigenvalue weighted by Gasteiger charge is 2.43. The van der Waals surface area contributed by atoms with Gasteiger partial charge in [-0.05, 0) is 31.3 Å². The predicted octanol–water partition coefficient (Wildman–Crippen LogP) is 2.47. The van der Waals surface area contributed by atoms with E-state index in [0.29, 0.717) is 25.6 Å². The normalized spacial score (nSPS) is 34.2. The van der Waals surface area contributed by atoms with Crippen LogP contribution in [0.4, 0.5) is 0 Å². The summed E-state index contributed by atoms with van der Waals surface area (Å²) in [6.45, 7) is 8.81. The van der Waals surface area contributed by atoms with Crippen LogP contribution in [0.25, 0.3) is 0 Å². The molecule has 1 aliphatic heterocycles. The third-order valence-electron chi connectivity index (χ3n) is 4.46. The van der Waals surface area contributed by atoms with Crippen LogP contribution < -0.4 is 0 Å². The molecule has 1 saturated carbocycles. The first-order valence-corrected chi connectivity index (χ1v) is 7.76. The number of rotatable bonds is 5. The Labute approximate surface area is 126 Å². The molecule has 4 heteroatoms. The molecule has 118 valence electrons. The van der Waals surface area contributed by atoms with Crippen molar-refractivity contribution >= 4 is 5.78 Å². The van der Waals surface area contributed by atoms with E-state index in [9.17, 15) is 9.90 Å². The lowest BCUT2D eigenvalue weighted by atomic mass is 9.70. The zero-order valence-corrected chi connectivity index (χ0v) is 13.0. The number of hydrogen-bond donors (Lipinski definition) is 1. The number of Topliss-reactive ketones (excluding diaryl/α,β-unsaturated/α-hetero) is 1. The Hall–Kier alpha value is -0.970. The molecule has 4 atom stereocenters. The molecule has 1 saturated heterocycles. The topological polar surface area (TPSA) is 55.8 Å². The van der Waals surface area contributed by atoms with Crippen molar-refractivity contribution in [1.29, 1.82) is 0 Å². The van der Waals surface area contributed by atoms with Gasteiger partial charge in [-0.3, -0.25) is 4.79 Å². The second-order valence-corrected chi connectivity index (χ2v) is 6.22. The van der Waals surface area contributed by atoms with E-state index in [4.69, 9.17) is 9.47 Å². The molecule has 1 heterocycles. The van der Waals surface area contributed by atoms with Crippen LogP contribution in [0.15, 0.2) is 24.8 Å². The summed E-state index contributed by atoms with van der Waals surface area (Å²) in [5, 5.41) is 10.6. The molecule has 1 N–H and O–H groups in total. The fraction of sp³-hybridized carbons (Fsp3) is 0.706. The highest BCUT2D eigenvalue weighted by atomic mass is 16.7. The van der Waals surface area contributed by atoms with Gasteiger partial charge in [-0.25, -0.2) is 0 Å². The lowest BCUT2D eigenvalue weighted by molar-refractivity contribution is -0.154. The van der Waals surface area contributed by atoms with Gasteiger partial charge < -0.3 is 14.6 Å². The van der Waals surface area contributed by atoms with E-state index in [1.165, 1.54) is 0 Å². The fourth-order valence-electron chi connectivity index (χ4n) is 3.58. The molecule has 4 nitrogen and oxygen atoms in total. The van der Waals surface area contributed by atoms with Crippen molar-refractivity contribution in [3.63, 3.8) is 0 Å². The van der Waals surface area contributed by atoms with Crippen LogP contribution in [0.3, 0.4) is 0 Å². The third kappa shape index (κ3) is 3.62. The summed E-state index contributed by atoms with van der Waals surface area (Å²) in [7, 11) is 0. The lowest BCUT2D eigenvalue weighted by Gasteiger charge is -2.37. The number of hydrogen-bond acceptors (Lipinski definition) is 4. The maximum absolute atomic E-state index is 12.3. The molecule has 2 aliphatic rings. The number of allylic oxidation sites excluding steroid dienone is 2. The summed E-state index contributed by atoms with van der Waals surface area (Å²) in [6, 6.07) is 0. The molecule has 2 unspecified atom stereocenters. The molecule has 0 amide bonds. The van der Waals surface area contributed by atoms with Gasteiger partial charge in [0.15, 0.2) is 5.79 Å². The van der Waals surface area contributed by atoms with Crippen LogP contribution in [0.1, 0.15) is 33.1 Å². The van der Waals surface area contributed by atoms with Crippen LogP contribution in [0.2, 0.25) is 0 Å². The number of aliphatic hydroxyl groups is 1. The summed E-state index contributed by atoms with van der Waals surface area (Å²) in [4.78, 5) is 12.3. The maximum Gasteiger partial charge on any atom is 0.190 e. The van der Waals surface area contributed by atoms with Crippen molar-refractivity contribution in [1.82, 2.24) is 0 Å². The Kier molecular flexibility index (Phi) is 5.36. The molecule has 0 aromatic carbocycles. The Morgan fingerprint density at radius 1 is 1.48 bits per heavy atom. The molecule has 0 radical (unpaired) electrons. The Bertz CT molecular complexity index is 409. The largest absolute Gasteiger partial charge is 0.392 e. The molecular weight excluding hydrogens is 268 g/mol. The maximum atomic E-state index is 12.3. The SMILES string of the molecule is C=C[C@@H]1C[C@@H](C)CC(=O)C1C(O)CC1(/C=C/C)OCCO1. The summed E-state index contributed by atoms with van der Waals surface area (Å²) >= 11 is 0. The first kappa shape index (κ1) is 16.4. The zero-order valence-electron chi connectivity index (χ0n) is 13.0. The Morgan fingerprint density at radius 2 is 2.14 bits per heavy atom. The molecule has 1 aliphatic carbocycles. The molecular formula is C17H26O4. The standard InChI is InChI=1S/C17H26O4/c1-4-6-17(20-7-8-21-17)11-15(19)16-13(5-2)9-12(3)10-14(16)18/h4-6,12-13,15-16,19H,2,7-11H2,1,3H3/b6-4+/t12-,13-,15?,16?/m1/s1. The quantitative estimate of drug-likeness (QED) is 0.791. The van der Waals surface area contributed by atoms with Crippen molar-refractivity contribution in [3.05, 3.63) is 24.8 Å². The first-order chi connectivity index (χ1) is 10.0. The van der Waals surface area contributed by atoms with Crippen molar-refractivity contribution in [2.75, 3.05) is 13.2 Å². The van der Waals surface area contributed by atoms with Crippen molar-refractivity contribution in [2.45, 2.75) is 45.0 Å². The van der Waals surface area contributed by atoms with Crippen LogP contribution in [0.5, 0.6) is 0 Å².